The Morgan fingerprint density at radius 2 is 2.32 bits per heavy atom. The molecule has 0 spiro atoms. The fourth-order valence-electron chi connectivity index (χ4n) is 3.80. The van der Waals surface area contributed by atoms with E-state index in [4.69, 9.17) is 0 Å². The number of carbonyl (C=O) groups is 1. The molecule has 1 aliphatic heterocycles. The molecule has 2 N–H and O–H groups in total. The number of amides is 1. The first-order chi connectivity index (χ1) is 13.5. The minimum absolute atomic E-state index is 0.189. The standard InChI is InChI=1S/C18H17BrN6O2S/c1-24-4-2-3-10(24)7-21-16(26)9-5-11-14(20-6-9)15-13(17(27)22-11)18-25(23-15)8-12(19)28-18/h5-6,8,10H,2-4,7H2,1H3,(H,21,26)(H,22,27). The van der Waals surface area contributed by atoms with Crippen molar-refractivity contribution < 1.29 is 4.79 Å². The Morgan fingerprint density at radius 3 is 3.11 bits per heavy atom. The number of rotatable bonds is 3. The van der Waals surface area contributed by atoms with Gasteiger partial charge in [-0.2, -0.15) is 5.10 Å². The molecule has 1 atom stereocenters. The average Bonchev–Trinajstić information content (AvgIpc) is 3.33. The van der Waals surface area contributed by atoms with Gasteiger partial charge in [-0.25, -0.2) is 4.52 Å². The average molecular weight is 461 g/mol. The number of halogens is 1. The van der Waals surface area contributed by atoms with Gasteiger partial charge in [0, 0.05) is 18.8 Å². The van der Waals surface area contributed by atoms with Crippen LogP contribution in [-0.2, 0) is 0 Å². The lowest BCUT2D eigenvalue weighted by molar-refractivity contribution is 0.0943. The van der Waals surface area contributed by atoms with Crippen LogP contribution in [0.15, 0.2) is 27.0 Å². The third kappa shape index (κ3) is 2.83. The smallest absolute Gasteiger partial charge is 0.261 e. The zero-order chi connectivity index (χ0) is 19.4. The van der Waals surface area contributed by atoms with Crippen molar-refractivity contribution in [3.8, 4) is 0 Å². The van der Waals surface area contributed by atoms with E-state index in [0.717, 1.165) is 28.0 Å². The van der Waals surface area contributed by atoms with E-state index in [0.29, 0.717) is 40.1 Å². The van der Waals surface area contributed by atoms with Gasteiger partial charge < -0.3 is 15.2 Å². The lowest BCUT2D eigenvalue weighted by Gasteiger charge is -2.19. The maximum Gasteiger partial charge on any atom is 0.261 e. The number of likely N-dealkylation sites (tertiary alicyclic amines) is 1. The van der Waals surface area contributed by atoms with Gasteiger partial charge in [-0.05, 0) is 48.4 Å². The molecule has 28 heavy (non-hydrogen) atoms. The zero-order valence-electron chi connectivity index (χ0n) is 15.0. The number of aromatic amines is 1. The topological polar surface area (TPSA) is 95.4 Å². The molecule has 4 aromatic heterocycles. The van der Waals surface area contributed by atoms with Crippen molar-refractivity contribution in [3.05, 3.63) is 38.2 Å². The highest BCUT2D eigenvalue weighted by Gasteiger charge is 2.22. The fourth-order valence-corrected chi connectivity index (χ4v) is 5.27. The van der Waals surface area contributed by atoms with E-state index in [-0.39, 0.29) is 11.5 Å². The normalized spacial score (nSPS) is 17.9. The maximum absolute atomic E-state index is 12.6. The van der Waals surface area contributed by atoms with E-state index in [1.807, 2.05) is 6.20 Å². The molecule has 5 rings (SSSR count). The molecule has 0 saturated carbocycles. The predicted molar refractivity (Wildman–Crippen MR) is 112 cm³/mol. The molecule has 1 amide bonds. The number of aromatic nitrogens is 4. The summed E-state index contributed by atoms with van der Waals surface area (Å²) >= 11 is 4.85. The zero-order valence-corrected chi connectivity index (χ0v) is 17.4. The maximum atomic E-state index is 12.6. The van der Waals surface area contributed by atoms with Crippen molar-refractivity contribution in [2.24, 2.45) is 0 Å². The number of hydrogen-bond acceptors (Lipinski definition) is 6. The van der Waals surface area contributed by atoms with Gasteiger partial charge in [0.05, 0.1) is 21.1 Å². The number of likely N-dealkylation sites (N-methyl/N-ethyl adjacent to an activating group) is 1. The van der Waals surface area contributed by atoms with Crippen molar-refractivity contribution >= 4 is 59.9 Å². The first-order valence-corrected chi connectivity index (χ1v) is 10.6. The van der Waals surface area contributed by atoms with Gasteiger partial charge in [0.2, 0.25) is 0 Å². The number of H-pyrrole nitrogens is 1. The molecule has 1 saturated heterocycles. The third-order valence-electron chi connectivity index (χ3n) is 5.30. The van der Waals surface area contributed by atoms with Crippen molar-refractivity contribution in [1.29, 1.82) is 0 Å². The van der Waals surface area contributed by atoms with Crippen LogP contribution >= 0.6 is 27.3 Å². The van der Waals surface area contributed by atoms with Crippen LogP contribution in [0.1, 0.15) is 23.2 Å². The van der Waals surface area contributed by atoms with Crippen LogP contribution in [0.2, 0.25) is 0 Å². The molecule has 5 heterocycles. The molecule has 1 fully saturated rings. The highest BCUT2D eigenvalue weighted by Crippen LogP contribution is 2.30. The van der Waals surface area contributed by atoms with Crippen LogP contribution in [0.4, 0.5) is 0 Å². The summed E-state index contributed by atoms with van der Waals surface area (Å²) in [6.07, 6.45) is 5.60. The molecular formula is C18H17BrN6O2S. The van der Waals surface area contributed by atoms with E-state index in [1.54, 1.807) is 10.6 Å². The van der Waals surface area contributed by atoms with E-state index in [2.05, 4.69) is 48.3 Å². The van der Waals surface area contributed by atoms with E-state index in [1.165, 1.54) is 17.5 Å². The first-order valence-electron chi connectivity index (χ1n) is 8.99. The molecule has 0 bridgehead atoms. The number of hydrogen-bond donors (Lipinski definition) is 2. The summed E-state index contributed by atoms with van der Waals surface area (Å²) < 4.78 is 2.57. The lowest BCUT2D eigenvalue weighted by atomic mass is 10.2. The number of carbonyl (C=O) groups excluding carboxylic acids is 1. The van der Waals surface area contributed by atoms with Crippen molar-refractivity contribution in [2.45, 2.75) is 18.9 Å². The van der Waals surface area contributed by atoms with Crippen molar-refractivity contribution in [3.63, 3.8) is 0 Å². The van der Waals surface area contributed by atoms with E-state index in [9.17, 15) is 9.59 Å². The molecule has 8 nitrogen and oxygen atoms in total. The second-order valence-electron chi connectivity index (χ2n) is 7.07. The summed E-state index contributed by atoms with van der Waals surface area (Å²) in [5.74, 6) is -0.189. The Morgan fingerprint density at radius 1 is 1.46 bits per heavy atom. The highest BCUT2D eigenvalue weighted by molar-refractivity contribution is 9.11. The molecule has 4 aromatic rings. The van der Waals surface area contributed by atoms with Gasteiger partial charge in [0.15, 0.2) is 0 Å². The molecule has 144 valence electrons. The Hall–Kier alpha value is -2.30. The minimum Gasteiger partial charge on any atom is -0.350 e. The van der Waals surface area contributed by atoms with Gasteiger partial charge in [0.1, 0.15) is 21.3 Å². The Balaban J connectivity index is 1.51. The lowest BCUT2D eigenvalue weighted by Crippen LogP contribution is -2.38. The van der Waals surface area contributed by atoms with Gasteiger partial charge in [-0.15, -0.1) is 11.3 Å². The summed E-state index contributed by atoms with van der Waals surface area (Å²) in [4.78, 5) is 35.5. The number of thiazole rings is 1. The van der Waals surface area contributed by atoms with Gasteiger partial charge >= 0.3 is 0 Å². The summed E-state index contributed by atoms with van der Waals surface area (Å²) in [7, 11) is 2.08. The van der Waals surface area contributed by atoms with Crippen LogP contribution in [0, 0.1) is 0 Å². The molecule has 1 aliphatic rings. The summed E-state index contributed by atoms with van der Waals surface area (Å²) in [5.41, 5.74) is 1.81. The molecule has 1 unspecified atom stereocenters. The van der Waals surface area contributed by atoms with Gasteiger partial charge in [-0.3, -0.25) is 14.6 Å². The quantitative estimate of drug-likeness (QED) is 0.489. The van der Waals surface area contributed by atoms with Crippen LogP contribution in [0.5, 0.6) is 0 Å². The second-order valence-corrected chi connectivity index (χ2v) is 9.48. The molecule has 0 radical (unpaired) electrons. The van der Waals surface area contributed by atoms with Gasteiger partial charge in [-0.1, -0.05) is 0 Å². The van der Waals surface area contributed by atoms with Crippen molar-refractivity contribution in [1.82, 2.24) is 29.8 Å². The van der Waals surface area contributed by atoms with E-state index < -0.39 is 0 Å². The SMILES string of the molecule is CN1CCCC1CNC(=O)c1cnc2c(c1)[nH]c(=O)c1c2nn2cc(Br)sc12. The molecule has 10 heteroatoms. The number of pyridine rings is 2. The minimum atomic E-state index is -0.237. The van der Waals surface area contributed by atoms with Crippen LogP contribution < -0.4 is 10.9 Å². The van der Waals surface area contributed by atoms with Crippen molar-refractivity contribution in [2.75, 3.05) is 20.1 Å². The largest absolute Gasteiger partial charge is 0.350 e. The predicted octanol–water partition coefficient (Wildman–Crippen LogP) is 2.37. The fraction of sp³-hybridized carbons (Fsp3) is 0.333. The number of fused-ring (bicyclic) bond motifs is 5. The number of nitrogens with one attached hydrogen (secondary N) is 2. The first kappa shape index (κ1) is 17.8. The van der Waals surface area contributed by atoms with Crippen LogP contribution in [-0.4, -0.2) is 56.6 Å². The summed E-state index contributed by atoms with van der Waals surface area (Å²) in [6.45, 7) is 1.67. The van der Waals surface area contributed by atoms with Crippen LogP contribution in [0.3, 0.4) is 0 Å². The van der Waals surface area contributed by atoms with E-state index >= 15 is 0 Å². The number of nitrogens with zero attached hydrogens (tertiary/aromatic N) is 4. The highest BCUT2D eigenvalue weighted by atomic mass is 79.9. The Bertz CT molecular complexity index is 1290. The third-order valence-corrected chi connectivity index (χ3v) is 6.88. The Labute approximate surface area is 171 Å². The van der Waals surface area contributed by atoms with Crippen LogP contribution in [0.25, 0.3) is 26.8 Å². The Kier molecular flexibility index (Phi) is 4.22. The second kappa shape index (κ2) is 6.64. The molecular weight excluding hydrogens is 444 g/mol. The summed E-state index contributed by atoms with van der Waals surface area (Å²) in [5, 5.41) is 7.99. The monoisotopic (exact) mass is 460 g/mol. The summed E-state index contributed by atoms with van der Waals surface area (Å²) in [6, 6.07) is 2.04. The molecule has 0 aromatic carbocycles. The molecule has 0 aliphatic carbocycles. The van der Waals surface area contributed by atoms with Gasteiger partial charge in [0.25, 0.3) is 11.5 Å².